The Morgan fingerprint density at radius 1 is 1.24 bits per heavy atom. The summed E-state index contributed by atoms with van der Waals surface area (Å²) in [4.78, 5) is 13.7. The smallest absolute Gasteiger partial charge is 0.235 e. The van der Waals surface area contributed by atoms with Crippen LogP contribution in [-0.2, 0) is 15.6 Å². The van der Waals surface area contributed by atoms with Crippen LogP contribution in [0.1, 0.15) is 32.6 Å². The zero-order valence-electron chi connectivity index (χ0n) is 10.7. The van der Waals surface area contributed by atoms with Crippen molar-refractivity contribution in [3.63, 3.8) is 0 Å². The van der Waals surface area contributed by atoms with Crippen LogP contribution in [0, 0.1) is 0 Å². The number of hydrogen-bond donors (Lipinski definition) is 1. The van der Waals surface area contributed by atoms with Gasteiger partial charge >= 0.3 is 0 Å². The van der Waals surface area contributed by atoms with E-state index in [2.05, 4.69) is 12.2 Å². The molecule has 0 aromatic rings. The number of amides is 1. The van der Waals surface area contributed by atoms with Crippen molar-refractivity contribution < 1.29 is 9.00 Å². The predicted octanol–water partition coefficient (Wildman–Crippen LogP) is 0.747. The standard InChI is InChI=1S/C12H24N2O2S/c1-2-6-13-7-10-17(16)11-12(15)14-8-4-3-5-9-14/h13H,2-11H2,1H3. The summed E-state index contributed by atoms with van der Waals surface area (Å²) in [6.45, 7) is 5.50. The first-order valence-corrected chi connectivity index (χ1v) is 8.06. The van der Waals surface area contributed by atoms with Gasteiger partial charge in [0.05, 0.1) is 0 Å². The molecule has 0 aromatic carbocycles. The lowest BCUT2D eigenvalue weighted by atomic mass is 10.1. The molecule has 5 heteroatoms. The molecule has 1 heterocycles. The summed E-state index contributed by atoms with van der Waals surface area (Å²) >= 11 is 0. The zero-order valence-corrected chi connectivity index (χ0v) is 11.6. The van der Waals surface area contributed by atoms with Gasteiger partial charge in [-0.15, -0.1) is 0 Å². The topological polar surface area (TPSA) is 49.4 Å². The normalized spacial score (nSPS) is 18.1. The van der Waals surface area contributed by atoms with Gasteiger partial charge in [-0.05, 0) is 32.2 Å². The molecule has 1 aliphatic rings. The molecule has 1 aliphatic heterocycles. The van der Waals surface area contributed by atoms with E-state index in [9.17, 15) is 9.00 Å². The van der Waals surface area contributed by atoms with Crippen LogP contribution in [0.2, 0.25) is 0 Å². The molecular formula is C12H24N2O2S. The molecule has 1 rings (SSSR count). The van der Waals surface area contributed by atoms with Crippen LogP contribution in [0.4, 0.5) is 0 Å². The third kappa shape index (κ3) is 6.17. The lowest BCUT2D eigenvalue weighted by molar-refractivity contribution is -0.129. The Bertz CT molecular complexity index is 253. The Labute approximate surface area is 107 Å². The van der Waals surface area contributed by atoms with Crippen molar-refractivity contribution in [3.05, 3.63) is 0 Å². The van der Waals surface area contributed by atoms with E-state index >= 15 is 0 Å². The molecule has 0 saturated carbocycles. The number of rotatable bonds is 7. The third-order valence-corrected chi connectivity index (χ3v) is 4.15. The second kappa shape index (κ2) is 8.64. The molecule has 0 radical (unpaired) electrons. The highest BCUT2D eigenvalue weighted by Crippen LogP contribution is 2.08. The number of hydrogen-bond acceptors (Lipinski definition) is 3. The maximum atomic E-state index is 11.8. The van der Waals surface area contributed by atoms with Gasteiger partial charge in [0.1, 0.15) is 5.75 Å². The molecule has 1 fully saturated rings. The summed E-state index contributed by atoms with van der Waals surface area (Å²) in [5.41, 5.74) is 0. The van der Waals surface area contributed by atoms with Crippen molar-refractivity contribution in [3.8, 4) is 0 Å². The molecule has 0 aromatic heterocycles. The summed E-state index contributed by atoms with van der Waals surface area (Å²) in [5, 5.41) is 3.20. The van der Waals surface area contributed by atoms with Gasteiger partial charge in [0.25, 0.3) is 0 Å². The van der Waals surface area contributed by atoms with Crippen LogP contribution in [-0.4, -0.2) is 52.7 Å². The number of nitrogens with zero attached hydrogens (tertiary/aromatic N) is 1. The van der Waals surface area contributed by atoms with Gasteiger partial charge in [-0.3, -0.25) is 9.00 Å². The maximum Gasteiger partial charge on any atom is 0.235 e. The first-order chi connectivity index (χ1) is 8.24. The van der Waals surface area contributed by atoms with Crippen LogP contribution in [0.25, 0.3) is 0 Å². The van der Waals surface area contributed by atoms with Gasteiger partial charge in [0, 0.05) is 36.2 Å². The molecule has 0 bridgehead atoms. The third-order valence-electron chi connectivity index (χ3n) is 2.93. The van der Waals surface area contributed by atoms with Gasteiger partial charge in [0.15, 0.2) is 0 Å². The Morgan fingerprint density at radius 2 is 1.94 bits per heavy atom. The molecule has 1 atom stereocenters. The van der Waals surface area contributed by atoms with Gasteiger partial charge in [-0.1, -0.05) is 6.92 Å². The van der Waals surface area contributed by atoms with Gasteiger partial charge < -0.3 is 10.2 Å². The molecule has 100 valence electrons. The number of piperidine rings is 1. The largest absolute Gasteiger partial charge is 0.342 e. The van der Waals surface area contributed by atoms with E-state index < -0.39 is 10.8 Å². The van der Waals surface area contributed by atoms with Gasteiger partial charge in [-0.2, -0.15) is 0 Å². The number of nitrogens with one attached hydrogen (secondary N) is 1. The SMILES string of the molecule is CCCNCCS(=O)CC(=O)N1CCCCC1. The lowest BCUT2D eigenvalue weighted by Gasteiger charge is -2.26. The van der Waals surface area contributed by atoms with E-state index in [0.29, 0.717) is 5.75 Å². The number of carbonyl (C=O) groups is 1. The Morgan fingerprint density at radius 3 is 2.59 bits per heavy atom. The van der Waals surface area contributed by atoms with Crippen molar-refractivity contribution in [1.82, 2.24) is 10.2 Å². The lowest BCUT2D eigenvalue weighted by Crippen LogP contribution is -2.39. The van der Waals surface area contributed by atoms with E-state index in [1.54, 1.807) is 0 Å². The van der Waals surface area contributed by atoms with E-state index in [4.69, 9.17) is 0 Å². The van der Waals surface area contributed by atoms with Crippen molar-refractivity contribution >= 4 is 16.7 Å². The Balaban J connectivity index is 2.14. The quantitative estimate of drug-likeness (QED) is 0.687. The van der Waals surface area contributed by atoms with Crippen molar-refractivity contribution in [1.29, 1.82) is 0 Å². The molecule has 1 N–H and O–H groups in total. The van der Waals surface area contributed by atoms with E-state index in [-0.39, 0.29) is 11.7 Å². The van der Waals surface area contributed by atoms with Crippen molar-refractivity contribution in [2.24, 2.45) is 0 Å². The fourth-order valence-corrected chi connectivity index (χ4v) is 2.91. The summed E-state index contributed by atoms with van der Waals surface area (Å²) in [6, 6.07) is 0. The highest BCUT2D eigenvalue weighted by molar-refractivity contribution is 7.85. The average Bonchev–Trinajstić information content (AvgIpc) is 2.36. The van der Waals surface area contributed by atoms with Crippen LogP contribution < -0.4 is 5.32 Å². The van der Waals surface area contributed by atoms with E-state index in [0.717, 1.165) is 45.4 Å². The van der Waals surface area contributed by atoms with E-state index in [1.807, 2.05) is 4.90 Å². The van der Waals surface area contributed by atoms with E-state index in [1.165, 1.54) is 6.42 Å². The molecule has 4 nitrogen and oxygen atoms in total. The zero-order chi connectivity index (χ0) is 12.5. The highest BCUT2D eigenvalue weighted by Gasteiger charge is 2.18. The Kier molecular flexibility index (Phi) is 7.44. The highest BCUT2D eigenvalue weighted by atomic mass is 32.2. The van der Waals surface area contributed by atoms with Crippen LogP contribution >= 0.6 is 0 Å². The van der Waals surface area contributed by atoms with Gasteiger partial charge in [-0.25, -0.2) is 0 Å². The van der Waals surface area contributed by atoms with Crippen molar-refractivity contribution in [2.45, 2.75) is 32.6 Å². The molecule has 0 spiro atoms. The number of likely N-dealkylation sites (tertiary alicyclic amines) is 1. The number of carbonyl (C=O) groups excluding carboxylic acids is 1. The average molecular weight is 260 g/mol. The minimum atomic E-state index is -1.01. The molecule has 1 saturated heterocycles. The summed E-state index contributed by atoms with van der Waals surface area (Å²) < 4.78 is 11.7. The molecular weight excluding hydrogens is 236 g/mol. The van der Waals surface area contributed by atoms with Crippen molar-refractivity contribution in [2.75, 3.05) is 37.7 Å². The van der Waals surface area contributed by atoms with Gasteiger partial charge in [0.2, 0.25) is 5.91 Å². The minimum Gasteiger partial charge on any atom is -0.342 e. The van der Waals surface area contributed by atoms with Crippen LogP contribution in [0.15, 0.2) is 0 Å². The molecule has 1 unspecified atom stereocenters. The fourth-order valence-electron chi connectivity index (χ4n) is 1.93. The minimum absolute atomic E-state index is 0.0681. The van der Waals surface area contributed by atoms with Crippen LogP contribution in [0.5, 0.6) is 0 Å². The summed E-state index contributed by atoms with van der Waals surface area (Å²) in [5.74, 6) is 0.853. The fraction of sp³-hybridized carbons (Fsp3) is 0.917. The predicted molar refractivity (Wildman–Crippen MR) is 71.5 cm³/mol. The first-order valence-electron chi connectivity index (χ1n) is 6.57. The monoisotopic (exact) mass is 260 g/mol. The Hall–Kier alpha value is -0.420. The first kappa shape index (κ1) is 14.6. The summed E-state index contributed by atoms with van der Waals surface area (Å²) in [7, 11) is -1.01. The second-order valence-corrected chi connectivity index (χ2v) is 6.06. The summed E-state index contributed by atoms with van der Waals surface area (Å²) in [6.07, 6.45) is 4.49. The van der Waals surface area contributed by atoms with Crippen LogP contribution in [0.3, 0.4) is 0 Å². The maximum absolute atomic E-state index is 11.8. The molecule has 1 amide bonds. The molecule has 17 heavy (non-hydrogen) atoms. The second-order valence-electron chi connectivity index (χ2n) is 4.48. The molecule has 0 aliphatic carbocycles.